The molecule has 0 spiro atoms. The summed E-state index contributed by atoms with van der Waals surface area (Å²) in [7, 11) is 0. The van der Waals surface area contributed by atoms with Crippen molar-refractivity contribution >= 4 is 17.8 Å². The van der Waals surface area contributed by atoms with Crippen LogP contribution in [0.15, 0.2) is 0 Å². The van der Waals surface area contributed by atoms with Crippen LogP contribution in [0, 0.1) is 0 Å². The van der Waals surface area contributed by atoms with E-state index < -0.39 is 12.0 Å². The van der Waals surface area contributed by atoms with Gasteiger partial charge < -0.3 is 14.9 Å². The van der Waals surface area contributed by atoms with E-state index in [2.05, 4.69) is 0 Å². The molecule has 0 aliphatic carbocycles. The summed E-state index contributed by atoms with van der Waals surface area (Å²) in [6.45, 7) is 6.12. The zero-order valence-corrected chi connectivity index (χ0v) is 14.4. The van der Waals surface area contributed by atoms with Crippen LogP contribution >= 0.6 is 0 Å². The Morgan fingerprint density at radius 3 is 2.30 bits per heavy atom. The molecule has 2 amide bonds. The number of rotatable bonds is 9. The first-order chi connectivity index (χ1) is 11.0. The average molecular weight is 326 g/mol. The lowest BCUT2D eigenvalue weighted by Gasteiger charge is -2.33. The van der Waals surface area contributed by atoms with Crippen LogP contribution in [0.4, 0.5) is 0 Å². The topological polar surface area (TPSA) is 77.9 Å². The van der Waals surface area contributed by atoms with E-state index in [0.717, 1.165) is 38.8 Å². The summed E-state index contributed by atoms with van der Waals surface area (Å²) in [5.41, 5.74) is 0. The highest BCUT2D eigenvalue weighted by Gasteiger charge is 2.31. The number of carbonyl (C=O) groups excluding carboxylic acids is 2. The molecule has 1 aliphatic heterocycles. The molecule has 0 aromatic rings. The minimum atomic E-state index is -0.925. The normalized spacial score (nSPS) is 17.8. The van der Waals surface area contributed by atoms with Gasteiger partial charge in [0.25, 0.3) is 0 Å². The Bertz CT molecular complexity index is 405. The lowest BCUT2D eigenvalue weighted by atomic mass is 10.0. The van der Waals surface area contributed by atoms with Gasteiger partial charge in [0, 0.05) is 32.5 Å². The lowest BCUT2D eigenvalue weighted by Crippen LogP contribution is -2.47. The Morgan fingerprint density at radius 1 is 1.09 bits per heavy atom. The maximum atomic E-state index is 12.3. The Morgan fingerprint density at radius 2 is 1.74 bits per heavy atom. The molecule has 1 saturated heterocycles. The molecule has 1 aliphatic rings. The molecule has 132 valence electrons. The number of hydrogen-bond acceptors (Lipinski definition) is 3. The van der Waals surface area contributed by atoms with E-state index in [0.29, 0.717) is 25.8 Å². The molecule has 0 unspecified atom stereocenters. The standard InChI is InChI=1S/C17H30N2O4/c1-3-11-18(12-4-2)15(20)9-7-10-16(21)19-13-6-5-8-14(19)17(22)23/h14H,3-13H2,1-2H3,(H,22,23)/t14-/m1/s1. The first-order valence-corrected chi connectivity index (χ1v) is 8.81. The third-order valence-corrected chi connectivity index (χ3v) is 4.23. The predicted molar refractivity (Wildman–Crippen MR) is 88.0 cm³/mol. The van der Waals surface area contributed by atoms with Crippen molar-refractivity contribution in [3.05, 3.63) is 0 Å². The number of carbonyl (C=O) groups is 3. The van der Waals surface area contributed by atoms with Crippen LogP contribution in [-0.4, -0.2) is 58.4 Å². The van der Waals surface area contributed by atoms with E-state index in [-0.39, 0.29) is 18.2 Å². The Hall–Kier alpha value is -1.59. The molecule has 0 saturated carbocycles. The van der Waals surface area contributed by atoms with Gasteiger partial charge in [-0.05, 0) is 38.5 Å². The van der Waals surface area contributed by atoms with E-state index >= 15 is 0 Å². The van der Waals surface area contributed by atoms with Crippen molar-refractivity contribution in [3.63, 3.8) is 0 Å². The van der Waals surface area contributed by atoms with Crippen molar-refractivity contribution < 1.29 is 19.5 Å². The fraction of sp³-hybridized carbons (Fsp3) is 0.824. The van der Waals surface area contributed by atoms with Gasteiger partial charge >= 0.3 is 5.97 Å². The molecule has 0 aromatic heterocycles. The molecule has 0 aromatic carbocycles. The third kappa shape index (κ3) is 6.20. The first kappa shape index (κ1) is 19.5. The summed E-state index contributed by atoms with van der Waals surface area (Å²) in [6.07, 6.45) is 5.19. The number of piperidine rings is 1. The van der Waals surface area contributed by atoms with Crippen LogP contribution < -0.4 is 0 Å². The van der Waals surface area contributed by atoms with Gasteiger partial charge in [-0.1, -0.05) is 13.8 Å². The fourth-order valence-corrected chi connectivity index (χ4v) is 3.08. The minimum absolute atomic E-state index is 0.0925. The number of likely N-dealkylation sites (tertiary alicyclic amines) is 1. The molecule has 1 fully saturated rings. The summed E-state index contributed by atoms with van der Waals surface area (Å²) in [6, 6.07) is -0.691. The first-order valence-electron chi connectivity index (χ1n) is 8.81. The molecular weight excluding hydrogens is 296 g/mol. The second-order valence-electron chi connectivity index (χ2n) is 6.17. The minimum Gasteiger partial charge on any atom is -0.480 e. The van der Waals surface area contributed by atoms with E-state index in [1.54, 1.807) is 0 Å². The predicted octanol–water partition coefficient (Wildman–Crippen LogP) is 2.27. The fourth-order valence-electron chi connectivity index (χ4n) is 3.08. The molecule has 0 radical (unpaired) electrons. The molecule has 1 N–H and O–H groups in total. The zero-order valence-electron chi connectivity index (χ0n) is 14.4. The molecule has 1 heterocycles. The second kappa shape index (κ2) is 10.2. The zero-order chi connectivity index (χ0) is 17.2. The molecule has 6 heteroatoms. The van der Waals surface area contributed by atoms with Gasteiger partial charge in [-0.3, -0.25) is 9.59 Å². The summed E-state index contributed by atoms with van der Waals surface area (Å²) < 4.78 is 0. The number of carboxylic acids is 1. The van der Waals surface area contributed by atoms with E-state index in [4.69, 9.17) is 0 Å². The van der Waals surface area contributed by atoms with E-state index in [9.17, 15) is 19.5 Å². The van der Waals surface area contributed by atoms with Crippen LogP contribution in [-0.2, 0) is 14.4 Å². The molecule has 23 heavy (non-hydrogen) atoms. The summed E-state index contributed by atoms with van der Waals surface area (Å²) >= 11 is 0. The largest absolute Gasteiger partial charge is 0.480 e. The van der Waals surface area contributed by atoms with Crippen LogP contribution in [0.1, 0.15) is 65.2 Å². The Labute approximate surface area is 138 Å². The van der Waals surface area contributed by atoms with Gasteiger partial charge in [0.1, 0.15) is 6.04 Å². The third-order valence-electron chi connectivity index (χ3n) is 4.23. The maximum absolute atomic E-state index is 12.3. The summed E-state index contributed by atoms with van der Waals surface area (Å²) in [5, 5.41) is 9.21. The quantitative estimate of drug-likeness (QED) is 0.705. The molecule has 6 nitrogen and oxygen atoms in total. The summed E-state index contributed by atoms with van der Waals surface area (Å²) in [5.74, 6) is -0.969. The molecule has 1 atom stereocenters. The highest BCUT2D eigenvalue weighted by Crippen LogP contribution is 2.19. The van der Waals surface area contributed by atoms with Crippen LogP contribution in [0.2, 0.25) is 0 Å². The smallest absolute Gasteiger partial charge is 0.326 e. The number of aliphatic carboxylic acids is 1. The van der Waals surface area contributed by atoms with Gasteiger partial charge in [0.05, 0.1) is 0 Å². The Kier molecular flexibility index (Phi) is 8.66. The highest BCUT2D eigenvalue weighted by molar-refractivity contribution is 5.84. The van der Waals surface area contributed by atoms with Crippen molar-refractivity contribution in [1.29, 1.82) is 0 Å². The van der Waals surface area contributed by atoms with Crippen LogP contribution in [0.25, 0.3) is 0 Å². The SMILES string of the molecule is CCCN(CCC)C(=O)CCCC(=O)N1CCCC[C@@H]1C(=O)O. The molecule has 1 rings (SSSR count). The van der Waals surface area contributed by atoms with Gasteiger partial charge in [0.2, 0.25) is 11.8 Å². The number of nitrogens with zero attached hydrogens (tertiary/aromatic N) is 2. The van der Waals surface area contributed by atoms with E-state index in [1.807, 2.05) is 18.7 Å². The Balaban J connectivity index is 2.42. The number of carboxylic acid groups (broad SMARTS) is 1. The average Bonchev–Trinajstić information content (AvgIpc) is 2.54. The lowest BCUT2D eigenvalue weighted by molar-refractivity contribution is -0.152. The van der Waals surface area contributed by atoms with Crippen molar-refractivity contribution in [2.45, 2.75) is 71.3 Å². The van der Waals surface area contributed by atoms with Gasteiger partial charge in [-0.15, -0.1) is 0 Å². The molecule has 0 bridgehead atoms. The second-order valence-corrected chi connectivity index (χ2v) is 6.17. The number of amides is 2. The van der Waals surface area contributed by atoms with Crippen molar-refractivity contribution in [1.82, 2.24) is 9.80 Å². The highest BCUT2D eigenvalue weighted by atomic mass is 16.4. The van der Waals surface area contributed by atoms with Gasteiger partial charge in [-0.25, -0.2) is 4.79 Å². The molecular formula is C17H30N2O4. The monoisotopic (exact) mass is 326 g/mol. The summed E-state index contributed by atoms with van der Waals surface area (Å²) in [4.78, 5) is 39.0. The number of hydrogen-bond donors (Lipinski definition) is 1. The van der Waals surface area contributed by atoms with Crippen molar-refractivity contribution in [2.75, 3.05) is 19.6 Å². The van der Waals surface area contributed by atoms with Gasteiger partial charge in [-0.2, -0.15) is 0 Å². The maximum Gasteiger partial charge on any atom is 0.326 e. The van der Waals surface area contributed by atoms with Crippen LogP contribution in [0.3, 0.4) is 0 Å². The van der Waals surface area contributed by atoms with Crippen molar-refractivity contribution in [3.8, 4) is 0 Å². The van der Waals surface area contributed by atoms with E-state index in [1.165, 1.54) is 4.90 Å². The van der Waals surface area contributed by atoms with Crippen LogP contribution in [0.5, 0.6) is 0 Å². The van der Waals surface area contributed by atoms with Gasteiger partial charge in [0.15, 0.2) is 0 Å². The van der Waals surface area contributed by atoms with Crippen molar-refractivity contribution in [2.24, 2.45) is 0 Å².